The summed E-state index contributed by atoms with van der Waals surface area (Å²) in [6.07, 6.45) is 0.477. The molecule has 0 amide bonds. The number of β-amino-alcohol motifs (C(OH)–C–C–N with tert-alkyl or cyclic N) is 1. The normalized spacial score (nSPS) is 19.3. The van der Waals surface area contributed by atoms with Crippen molar-refractivity contribution < 1.29 is 14.6 Å². The Kier molecular flexibility index (Phi) is 6.84. The van der Waals surface area contributed by atoms with Crippen LogP contribution < -0.4 is 0 Å². The van der Waals surface area contributed by atoms with Crippen LogP contribution in [0.4, 0.5) is 0 Å². The lowest BCUT2D eigenvalue weighted by Crippen LogP contribution is -2.50. The van der Waals surface area contributed by atoms with Gasteiger partial charge in [-0.2, -0.15) is 0 Å². The summed E-state index contributed by atoms with van der Waals surface area (Å²) in [5.74, 6) is -0.255. The number of benzene rings is 1. The van der Waals surface area contributed by atoms with E-state index in [2.05, 4.69) is 9.80 Å². The molecule has 1 aromatic carbocycles. The number of aliphatic hydroxyl groups is 1. The van der Waals surface area contributed by atoms with Gasteiger partial charge in [0.2, 0.25) is 0 Å². The molecule has 23 heavy (non-hydrogen) atoms. The van der Waals surface area contributed by atoms with Crippen LogP contribution >= 0.6 is 11.6 Å². The third kappa shape index (κ3) is 4.91. The fraction of sp³-hybridized carbons (Fsp3) is 0.588. The van der Waals surface area contributed by atoms with Gasteiger partial charge in [0.05, 0.1) is 13.2 Å². The number of ether oxygens (including phenoxy) is 1. The zero-order valence-corrected chi connectivity index (χ0v) is 14.5. The molecule has 0 saturated carbocycles. The van der Waals surface area contributed by atoms with Crippen molar-refractivity contribution in [2.45, 2.75) is 25.5 Å². The summed E-state index contributed by atoms with van der Waals surface area (Å²) in [7, 11) is 1.42. The lowest BCUT2D eigenvalue weighted by molar-refractivity contribution is -0.148. The molecule has 0 spiro atoms. The van der Waals surface area contributed by atoms with Gasteiger partial charge in [-0.05, 0) is 24.1 Å². The van der Waals surface area contributed by atoms with Crippen LogP contribution in [-0.4, -0.2) is 66.8 Å². The Hall–Kier alpha value is -1.14. The van der Waals surface area contributed by atoms with Gasteiger partial charge in [-0.3, -0.25) is 9.80 Å². The second kappa shape index (κ2) is 8.64. The number of piperazine rings is 1. The predicted octanol–water partition coefficient (Wildman–Crippen LogP) is 1.94. The second-order valence-corrected chi connectivity index (χ2v) is 6.31. The Morgan fingerprint density at radius 2 is 1.87 bits per heavy atom. The van der Waals surface area contributed by atoms with E-state index in [4.69, 9.17) is 16.3 Å². The van der Waals surface area contributed by atoms with E-state index in [0.717, 1.165) is 38.2 Å². The summed E-state index contributed by atoms with van der Waals surface area (Å²) >= 11 is 5.94. The molecule has 0 aromatic heterocycles. The van der Waals surface area contributed by atoms with Gasteiger partial charge in [-0.25, -0.2) is 4.79 Å². The fourth-order valence-electron chi connectivity index (χ4n) is 2.88. The molecule has 1 fully saturated rings. The summed E-state index contributed by atoms with van der Waals surface area (Å²) in [4.78, 5) is 16.6. The minimum Gasteiger partial charge on any atom is -0.468 e. The Morgan fingerprint density at radius 3 is 2.39 bits per heavy atom. The molecular weight excluding hydrogens is 316 g/mol. The van der Waals surface area contributed by atoms with Crippen LogP contribution in [0.15, 0.2) is 24.3 Å². The molecule has 0 aliphatic carbocycles. The maximum Gasteiger partial charge on any atom is 0.327 e. The third-order valence-corrected chi connectivity index (χ3v) is 4.57. The van der Waals surface area contributed by atoms with Crippen molar-refractivity contribution in [2.75, 3.05) is 39.8 Å². The van der Waals surface area contributed by atoms with Gasteiger partial charge in [0.25, 0.3) is 0 Å². The number of esters is 1. The monoisotopic (exact) mass is 340 g/mol. The van der Waals surface area contributed by atoms with Gasteiger partial charge in [-0.15, -0.1) is 0 Å². The van der Waals surface area contributed by atoms with E-state index in [-0.39, 0.29) is 12.1 Å². The summed E-state index contributed by atoms with van der Waals surface area (Å²) < 4.78 is 4.99. The first-order valence-electron chi connectivity index (χ1n) is 8.03. The molecule has 0 bridgehead atoms. The molecule has 1 saturated heterocycles. The van der Waals surface area contributed by atoms with Crippen molar-refractivity contribution in [1.29, 1.82) is 0 Å². The highest BCUT2D eigenvalue weighted by molar-refractivity contribution is 6.30. The highest BCUT2D eigenvalue weighted by Crippen LogP contribution is 2.25. The van der Waals surface area contributed by atoms with Crippen LogP contribution in [0.25, 0.3) is 0 Å². The van der Waals surface area contributed by atoms with Crippen molar-refractivity contribution in [3.05, 3.63) is 34.9 Å². The maximum absolute atomic E-state index is 12.3. The van der Waals surface area contributed by atoms with Crippen LogP contribution in [0.5, 0.6) is 0 Å². The molecule has 1 N–H and O–H groups in total. The van der Waals surface area contributed by atoms with Crippen molar-refractivity contribution in [1.82, 2.24) is 9.80 Å². The second-order valence-electron chi connectivity index (χ2n) is 5.88. The first kappa shape index (κ1) is 18.2. The van der Waals surface area contributed by atoms with E-state index in [1.54, 1.807) is 12.1 Å². The summed E-state index contributed by atoms with van der Waals surface area (Å²) in [5, 5.41) is 10.4. The molecule has 5 nitrogen and oxygen atoms in total. The van der Waals surface area contributed by atoms with Crippen LogP contribution in [0, 0.1) is 0 Å². The predicted molar refractivity (Wildman–Crippen MR) is 90.5 cm³/mol. The summed E-state index contributed by atoms with van der Waals surface area (Å²) in [6, 6.07) is 6.92. The number of nitrogens with zero attached hydrogens (tertiary/aromatic N) is 2. The van der Waals surface area contributed by atoms with Crippen molar-refractivity contribution in [2.24, 2.45) is 0 Å². The minimum absolute atomic E-state index is 0.255. The number of carbonyl (C=O) groups excluding carboxylic acids is 1. The van der Waals surface area contributed by atoms with Gasteiger partial charge in [-0.1, -0.05) is 30.7 Å². The third-order valence-electron chi connectivity index (χ3n) is 4.32. The molecular formula is C17H25ClN2O3. The molecule has 128 valence electrons. The van der Waals surface area contributed by atoms with E-state index in [1.165, 1.54) is 7.11 Å². The van der Waals surface area contributed by atoms with Crippen LogP contribution in [0.3, 0.4) is 0 Å². The zero-order chi connectivity index (χ0) is 16.8. The SMILES string of the molecule is CC[C@@H](O)CN1CCN(C(C(=O)OC)c2ccc(Cl)cc2)CC1. The van der Waals surface area contributed by atoms with E-state index < -0.39 is 6.04 Å². The van der Waals surface area contributed by atoms with Crippen molar-refractivity contribution in [3.8, 4) is 0 Å². The van der Waals surface area contributed by atoms with E-state index in [0.29, 0.717) is 11.6 Å². The first-order valence-corrected chi connectivity index (χ1v) is 8.40. The molecule has 1 aliphatic heterocycles. The quantitative estimate of drug-likeness (QED) is 0.802. The van der Waals surface area contributed by atoms with E-state index in [1.807, 2.05) is 19.1 Å². The Bertz CT molecular complexity index is 501. The topological polar surface area (TPSA) is 53.0 Å². The average Bonchev–Trinajstić information content (AvgIpc) is 2.58. The zero-order valence-electron chi connectivity index (χ0n) is 13.7. The number of carbonyl (C=O) groups is 1. The first-order chi connectivity index (χ1) is 11.0. The Labute approximate surface area is 142 Å². The van der Waals surface area contributed by atoms with Gasteiger partial charge in [0, 0.05) is 37.7 Å². The highest BCUT2D eigenvalue weighted by atomic mass is 35.5. The molecule has 1 heterocycles. The average molecular weight is 341 g/mol. The number of methoxy groups -OCH3 is 1. The van der Waals surface area contributed by atoms with E-state index in [9.17, 15) is 9.90 Å². The Balaban J connectivity index is 2.04. The molecule has 2 rings (SSSR count). The van der Waals surface area contributed by atoms with E-state index >= 15 is 0 Å². The standard InChI is InChI=1S/C17H25ClN2O3/c1-3-15(21)12-19-8-10-20(11-9-19)16(17(22)23-2)13-4-6-14(18)7-5-13/h4-7,15-16,21H,3,8-12H2,1-2H3/t15-,16?/m1/s1. The highest BCUT2D eigenvalue weighted by Gasteiger charge is 2.31. The van der Waals surface area contributed by atoms with Crippen molar-refractivity contribution in [3.63, 3.8) is 0 Å². The lowest BCUT2D eigenvalue weighted by atomic mass is 10.0. The van der Waals surface area contributed by atoms with Gasteiger partial charge in [0.15, 0.2) is 0 Å². The summed E-state index contributed by atoms with van der Waals surface area (Å²) in [6.45, 7) is 5.86. The molecule has 1 aromatic rings. The van der Waals surface area contributed by atoms with Gasteiger partial charge >= 0.3 is 5.97 Å². The minimum atomic E-state index is -0.407. The van der Waals surface area contributed by atoms with Crippen LogP contribution in [0.1, 0.15) is 24.9 Å². The molecule has 1 unspecified atom stereocenters. The molecule has 2 atom stereocenters. The fourth-order valence-corrected chi connectivity index (χ4v) is 3.01. The lowest BCUT2D eigenvalue weighted by Gasteiger charge is -2.38. The van der Waals surface area contributed by atoms with Crippen LogP contribution in [0.2, 0.25) is 5.02 Å². The molecule has 6 heteroatoms. The number of hydrogen-bond acceptors (Lipinski definition) is 5. The smallest absolute Gasteiger partial charge is 0.327 e. The Morgan fingerprint density at radius 1 is 1.26 bits per heavy atom. The number of rotatable bonds is 6. The van der Waals surface area contributed by atoms with Gasteiger partial charge < -0.3 is 9.84 Å². The maximum atomic E-state index is 12.3. The number of hydrogen-bond donors (Lipinski definition) is 1. The molecule has 0 radical (unpaired) electrons. The molecule has 1 aliphatic rings. The van der Waals surface area contributed by atoms with Gasteiger partial charge in [0.1, 0.15) is 6.04 Å². The number of halogens is 1. The number of aliphatic hydroxyl groups excluding tert-OH is 1. The largest absolute Gasteiger partial charge is 0.468 e. The summed E-state index contributed by atoms with van der Waals surface area (Å²) in [5.41, 5.74) is 0.892. The van der Waals surface area contributed by atoms with Crippen LogP contribution in [-0.2, 0) is 9.53 Å². The van der Waals surface area contributed by atoms with Crippen molar-refractivity contribution >= 4 is 17.6 Å².